The number of rotatable bonds is 7. The summed E-state index contributed by atoms with van der Waals surface area (Å²) in [7, 11) is 0. The Bertz CT molecular complexity index is 578. The summed E-state index contributed by atoms with van der Waals surface area (Å²) >= 11 is 5.12. The molecule has 1 unspecified atom stereocenters. The van der Waals surface area contributed by atoms with Crippen LogP contribution in [0.25, 0.3) is 0 Å². The Balaban J connectivity index is 2.48. The van der Waals surface area contributed by atoms with Crippen LogP contribution in [0, 0.1) is 0 Å². The molecule has 2 rings (SSSR count). The van der Waals surface area contributed by atoms with E-state index in [9.17, 15) is 0 Å². The number of hydrogen-bond donors (Lipinski definition) is 1. The highest BCUT2D eigenvalue weighted by atomic mass is 79.9. The molecule has 1 N–H and O–H groups in total. The third-order valence-corrected chi connectivity index (χ3v) is 4.72. The smallest absolute Gasteiger partial charge is 0.0888 e. The first-order valence-corrected chi connectivity index (χ1v) is 8.93. The van der Waals surface area contributed by atoms with Crippen LogP contribution in [0.5, 0.6) is 0 Å². The van der Waals surface area contributed by atoms with Crippen molar-refractivity contribution in [2.75, 3.05) is 6.54 Å². The van der Waals surface area contributed by atoms with Crippen LogP contribution in [0.1, 0.15) is 62.3 Å². The first-order valence-electron chi connectivity index (χ1n) is 7.36. The molecule has 21 heavy (non-hydrogen) atoms. The second-order valence-corrected chi connectivity index (χ2v) is 6.91. The molecule has 2 aromatic heterocycles. The van der Waals surface area contributed by atoms with Crippen molar-refractivity contribution in [2.45, 2.75) is 52.6 Å². The van der Waals surface area contributed by atoms with E-state index < -0.39 is 0 Å². The van der Waals surface area contributed by atoms with Gasteiger partial charge < -0.3 is 5.32 Å². The Labute approximate surface area is 138 Å². The van der Waals surface area contributed by atoms with Crippen LogP contribution in [0.3, 0.4) is 0 Å². The summed E-state index contributed by atoms with van der Waals surface area (Å²) < 4.78 is 7.27. The third-order valence-electron chi connectivity index (χ3n) is 3.30. The van der Waals surface area contributed by atoms with Gasteiger partial charge in [-0.1, -0.05) is 32.2 Å². The monoisotopic (exact) mass is 371 g/mol. The van der Waals surface area contributed by atoms with Crippen molar-refractivity contribution in [1.82, 2.24) is 24.7 Å². The van der Waals surface area contributed by atoms with Crippen LogP contribution in [0.2, 0.25) is 0 Å². The quantitative estimate of drug-likeness (QED) is 0.805. The van der Waals surface area contributed by atoms with Crippen molar-refractivity contribution < 1.29 is 0 Å². The number of aromatic nitrogens is 4. The van der Waals surface area contributed by atoms with Gasteiger partial charge in [0.05, 0.1) is 33.0 Å². The molecule has 1 atom stereocenters. The minimum Gasteiger partial charge on any atom is -0.304 e. The van der Waals surface area contributed by atoms with E-state index in [1.807, 2.05) is 6.20 Å². The summed E-state index contributed by atoms with van der Waals surface area (Å²) in [6, 6.07) is 0.0795. The predicted molar refractivity (Wildman–Crippen MR) is 89.7 cm³/mol. The van der Waals surface area contributed by atoms with Gasteiger partial charge in [-0.3, -0.25) is 4.68 Å². The average Bonchev–Trinajstić information content (AvgIpc) is 3.05. The molecule has 5 nitrogen and oxygen atoms in total. The molecule has 0 amide bonds. The molecule has 0 aliphatic heterocycles. The fraction of sp³-hybridized carbons (Fsp3) is 0.643. The summed E-state index contributed by atoms with van der Waals surface area (Å²) in [5.41, 5.74) is 2.23. The fourth-order valence-corrected chi connectivity index (χ4v) is 3.78. The van der Waals surface area contributed by atoms with Crippen LogP contribution in [0.4, 0.5) is 0 Å². The average molecular weight is 372 g/mol. The Morgan fingerprint density at radius 3 is 2.76 bits per heavy atom. The van der Waals surface area contributed by atoms with E-state index >= 15 is 0 Å². The van der Waals surface area contributed by atoms with Crippen molar-refractivity contribution >= 4 is 27.5 Å². The molecule has 0 bridgehead atoms. The molecule has 0 aromatic carbocycles. The Morgan fingerprint density at radius 2 is 2.14 bits per heavy atom. The Kier molecular flexibility index (Phi) is 5.89. The molecule has 7 heteroatoms. The van der Waals surface area contributed by atoms with Crippen molar-refractivity contribution in [3.8, 4) is 0 Å². The second-order valence-electron chi connectivity index (χ2n) is 5.27. The van der Waals surface area contributed by atoms with Crippen LogP contribution >= 0.6 is 27.5 Å². The highest BCUT2D eigenvalue weighted by Crippen LogP contribution is 2.34. The lowest BCUT2D eigenvalue weighted by Gasteiger charge is -2.20. The van der Waals surface area contributed by atoms with Crippen LogP contribution < -0.4 is 5.32 Å². The van der Waals surface area contributed by atoms with Gasteiger partial charge in [0.15, 0.2) is 0 Å². The largest absolute Gasteiger partial charge is 0.304 e. The summed E-state index contributed by atoms with van der Waals surface area (Å²) in [4.78, 5) is 1.19. The van der Waals surface area contributed by atoms with E-state index in [1.165, 1.54) is 16.4 Å². The summed E-state index contributed by atoms with van der Waals surface area (Å²) in [6.07, 6.45) is 2.93. The third kappa shape index (κ3) is 3.52. The highest BCUT2D eigenvalue weighted by molar-refractivity contribution is 9.10. The lowest BCUT2D eigenvalue weighted by atomic mass is 10.0. The molecule has 0 saturated heterocycles. The van der Waals surface area contributed by atoms with Crippen LogP contribution in [0.15, 0.2) is 10.7 Å². The van der Waals surface area contributed by atoms with Gasteiger partial charge in [0.1, 0.15) is 0 Å². The molecule has 0 spiro atoms. The maximum Gasteiger partial charge on any atom is 0.0888 e. The maximum atomic E-state index is 4.49. The predicted octanol–water partition coefficient (Wildman–Crippen LogP) is 3.73. The Morgan fingerprint density at radius 1 is 1.38 bits per heavy atom. The van der Waals surface area contributed by atoms with Gasteiger partial charge >= 0.3 is 0 Å². The van der Waals surface area contributed by atoms with Crippen LogP contribution in [-0.4, -0.2) is 25.9 Å². The normalized spacial score (nSPS) is 13.0. The highest BCUT2D eigenvalue weighted by Gasteiger charge is 2.27. The second kappa shape index (κ2) is 7.47. The number of hydrogen-bond acceptors (Lipinski definition) is 5. The van der Waals surface area contributed by atoms with Crippen LogP contribution in [-0.2, 0) is 6.54 Å². The van der Waals surface area contributed by atoms with E-state index in [4.69, 9.17) is 0 Å². The molecule has 0 aliphatic carbocycles. The molecule has 0 aliphatic rings. The zero-order valence-corrected chi connectivity index (χ0v) is 15.3. The molecule has 0 saturated carbocycles. The number of halogens is 1. The van der Waals surface area contributed by atoms with Crippen molar-refractivity contribution in [3.05, 3.63) is 26.9 Å². The molecule has 2 aromatic rings. The molecule has 2 heterocycles. The molecular weight excluding hydrogens is 350 g/mol. The zero-order valence-electron chi connectivity index (χ0n) is 12.9. The van der Waals surface area contributed by atoms with E-state index in [-0.39, 0.29) is 6.04 Å². The van der Waals surface area contributed by atoms with Crippen molar-refractivity contribution in [1.29, 1.82) is 0 Å². The lowest BCUT2D eigenvalue weighted by Crippen LogP contribution is -2.25. The van der Waals surface area contributed by atoms with Gasteiger partial charge in [-0.25, -0.2) is 0 Å². The van der Waals surface area contributed by atoms with Gasteiger partial charge in [0.2, 0.25) is 0 Å². The van der Waals surface area contributed by atoms with E-state index in [2.05, 4.69) is 68.3 Å². The molecule has 116 valence electrons. The molecule has 0 radical (unpaired) electrons. The van der Waals surface area contributed by atoms with Gasteiger partial charge in [-0.15, -0.1) is 5.10 Å². The van der Waals surface area contributed by atoms with Crippen molar-refractivity contribution in [2.24, 2.45) is 0 Å². The first kappa shape index (κ1) is 16.6. The van der Waals surface area contributed by atoms with Gasteiger partial charge in [-0.2, -0.15) is 5.10 Å². The minimum atomic E-state index is 0.0795. The van der Waals surface area contributed by atoms with Crippen molar-refractivity contribution in [3.63, 3.8) is 0 Å². The fourth-order valence-electron chi connectivity index (χ4n) is 2.37. The Hall–Kier alpha value is -0.790. The lowest BCUT2D eigenvalue weighted by molar-refractivity contribution is 0.519. The first-order chi connectivity index (χ1) is 10.1. The van der Waals surface area contributed by atoms with E-state index in [0.29, 0.717) is 5.92 Å². The van der Waals surface area contributed by atoms with Gasteiger partial charge in [0, 0.05) is 6.54 Å². The zero-order chi connectivity index (χ0) is 15.4. The SMILES string of the molecule is CCCn1ncc(Br)c1C(NCC)c1snnc1C(C)C. The molecule has 0 fully saturated rings. The maximum absolute atomic E-state index is 4.49. The standard InChI is InChI=1S/C14H22BrN5S/c1-5-7-20-13(10(15)8-17-20)12(16-6-2)14-11(9(3)4)18-19-21-14/h8-9,12,16H,5-7H2,1-4H3. The topological polar surface area (TPSA) is 55.6 Å². The molecular formula is C14H22BrN5S. The minimum absolute atomic E-state index is 0.0795. The van der Waals surface area contributed by atoms with Gasteiger partial charge in [0.25, 0.3) is 0 Å². The number of nitrogens with zero attached hydrogens (tertiary/aromatic N) is 4. The van der Waals surface area contributed by atoms with E-state index in [1.54, 1.807) is 0 Å². The van der Waals surface area contributed by atoms with E-state index in [0.717, 1.165) is 35.4 Å². The number of aryl methyl sites for hydroxylation is 1. The summed E-state index contributed by atoms with van der Waals surface area (Å²) in [6.45, 7) is 10.4. The summed E-state index contributed by atoms with van der Waals surface area (Å²) in [5.74, 6) is 0.362. The summed E-state index contributed by atoms with van der Waals surface area (Å²) in [5, 5.41) is 12.4. The number of nitrogens with one attached hydrogen (secondary N) is 1. The van der Waals surface area contributed by atoms with Gasteiger partial charge in [-0.05, 0) is 46.3 Å².